The van der Waals surface area contributed by atoms with Gasteiger partial charge < -0.3 is 10.3 Å². The topological polar surface area (TPSA) is 74.8 Å². The van der Waals surface area contributed by atoms with Crippen LogP contribution in [-0.2, 0) is 10.8 Å². The van der Waals surface area contributed by atoms with E-state index >= 15 is 0 Å². The van der Waals surface area contributed by atoms with Gasteiger partial charge in [-0.05, 0) is 6.92 Å². The van der Waals surface area contributed by atoms with Crippen molar-refractivity contribution in [1.82, 2.24) is 9.97 Å². The molecule has 0 aliphatic carbocycles. The van der Waals surface area contributed by atoms with Gasteiger partial charge in [-0.2, -0.15) is 0 Å². The molecule has 0 spiro atoms. The fourth-order valence-corrected chi connectivity index (χ4v) is 1.52. The molecule has 1 aromatic heterocycles. The van der Waals surface area contributed by atoms with E-state index in [1.54, 1.807) is 6.26 Å². The number of anilines is 1. The first-order valence-electron chi connectivity index (χ1n) is 5.57. The highest BCUT2D eigenvalue weighted by molar-refractivity contribution is 7.84. The van der Waals surface area contributed by atoms with Gasteiger partial charge in [0, 0.05) is 40.8 Å². The van der Waals surface area contributed by atoms with E-state index in [9.17, 15) is 9.00 Å². The van der Waals surface area contributed by atoms with Gasteiger partial charge in [0.15, 0.2) is 0 Å². The summed E-state index contributed by atoms with van der Waals surface area (Å²) < 4.78 is 11.2. The Kier molecular flexibility index (Phi) is 4.86. The standard InChI is InChI=1S/C11H19N3O2S/c1-7(2)11-13-9(5-10(15)14-11)12-6-8(3)17(4)16/h5,7-8H,6H2,1-4H3,(H2,12,13,14,15). The Morgan fingerprint density at radius 3 is 2.65 bits per heavy atom. The minimum Gasteiger partial charge on any atom is -0.369 e. The van der Waals surface area contributed by atoms with E-state index in [0.29, 0.717) is 18.2 Å². The van der Waals surface area contributed by atoms with Gasteiger partial charge in [-0.3, -0.25) is 9.00 Å². The molecule has 0 fully saturated rings. The van der Waals surface area contributed by atoms with Crippen LogP contribution in [0.25, 0.3) is 0 Å². The zero-order chi connectivity index (χ0) is 13.0. The molecule has 0 saturated carbocycles. The molecule has 0 aromatic carbocycles. The smallest absolute Gasteiger partial charge is 0.252 e. The van der Waals surface area contributed by atoms with Crippen molar-refractivity contribution in [1.29, 1.82) is 0 Å². The summed E-state index contributed by atoms with van der Waals surface area (Å²) in [6.45, 7) is 6.36. The molecule has 5 nitrogen and oxygen atoms in total. The molecular weight excluding hydrogens is 238 g/mol. The van der Waals surface area contributed by atoms with Crippen molar-refractivity contribution in [3.05, 3.63) is 22.2 Å². The van der Waals surface area contributed by atoms with Crippen LogP contribution in [0.3, 0.4) is 0 Å². The summed E-state index contributed by atoms with van der Waals surface area (Å²) in [5, 5.41) is 3.06. The number of aromatic nitrogens is 2. The predicted octanol–water partition coefficient (Wildman–Crippen LogP) is 1.07. The van der Waals surface area contributed by atoms with Gasteiger partial charge in [0.2, 0.25) is 0 Å². The fourth-order valence-electron chi connectivity index (χ4n) is 1.21. The Balaban J connectivity index is 2.78. The van der Waals surface area contributed by atoms with Crippen molar-refractivity contribution in [3.63, 3.8) is 0 Å². The lowest BCUT2D eigenvalue weighted by atomic mass is 10.2. The van der Waals surface area contributed by atoms with Crippen LogP contribution < -0.4 is 10.9 Å². The molecule has 6 heteroatoms. The first kappa shape index (κ1) is 13.9. The minimum absolute atomic E-state index is 0.0265. The van der Waals surface area contributed by atoms with E-state index in [1.165, 1.54) is 6.07 Å². The monoisotopic (exact) mass is 257 g/mol. The highest BCUT2D eigenvalue weighted by Crippen LogP contribution is 2.09. The molecule has 2 N–H and O–H groups in total. The summed E-state index contributed by atoms with van der Waals surface area (Å²) in [6.07, 6.45) is 1.66. The van der Waals surface area contributed by atoms with Gasteiger partial charge in [0.05, 0.1) is 0 Å². The van der Waals surface area contributed by atoms with Gasteiger partial charge in [-0.25, -0.2) is 4.98 Å². The van der Waals surface area contributed by atoms with Crippen LogP contribution >= 0.6 is 0 Å². The van der Waals surface area contributed by atoms with Gasteiger partial charge in [0.1, 0.15) is 11.6 Å². The third kappa shape index (κ3) is 4.30. The number of hydrogen-bond acceptors (Lipinski definition) is 4. The lowest BCUT2D eigenvalue weighted by Crippen LogP contribution is -2.23. The molecule has 0 radical (unpaired) electrons. The Hall–Kier alpha value is -1.17. The highest BCUT2D eigenvalue weighted by atomic mass is 32.2. The van der Waals surface area contributed by atoms with Gasteiger partial charge in [0.25, 0.3) is 5.56 Å². The van der Waals surface area contributed by atoms with Crippen LogP contribution in [0.15, 0.2) is 10.9 Å². The maximum absolute atomic E-state index is 11.4. The zero-order valence-electron chi connectivity index (χ0n) is 10.6. The molecule has 96 valence electrons. The molecule has 1 aromatic rings. The molecule has 2 unspecified atom stereocenters. The molecule has 0 aliphatic heterocycles. The van der Waals surface area contributed by atoms with Gasteiger partial charge in [-0.1, -0.05) is 13.8 Å². The third-order valence-corrected chi connectivity index (χ3v) is 3.74. The van der Waals surface area contributed by atoms with Crippen molar-refractivity contribution in [2.24, 2.45) is 0 Å². The third-order valence-electron chi connectivity index (χ3n) is 2.44. The second-order valence-corrected chi connectivity index (χ2v) is 6.16. The lowest BCUT2D eigenvalue weighted by molar-refractivity contribution is 0.678. The molecule has 2 atom stereocenters. The molecule has 17 heavy (non-hydrogen) atoms. The first-order valence-corrected chi connectivity index (χ1v) is 7.19. The maximum atomic E-state index is 11.4. The van der Waals surface area contributed by atoms with E-state index in [1.807, 2.05) is 20.8 Å². The summed E-state index contributed by atoms with van der Waals surface area (Å²) in [5.74, 6) is 1.36. The van der Waals surface area contributed by atoms with Crippen molar-refractivity contribution >= 4 is 16.6 Å². The lowest BCUT2D eigenvalue weighted by Gasteiger charge is -2.11. The number of nitrogens with zero attached hydrogens (tertiary/aromatic N) is 1. The summed E-state index contributed by atoms with van der Waals surface area (Å²) in [5.41, 5.74) is -0.170. The van der Waals surface area contributed by atoms with Crippen LogP contribution in [0.2, 0.25) is 0 Å². The molecule has 0 amide bonds. The van der Waals surface area contributed by atoms with Gasteiger partial charge >= 0.3 is 0 Å². The fraction of sp³-hybridized carbons (Fsp3) is 0.636. The number of nitrogens with one attached hydrogen (secondary N) is 2. The molecule has 0 saturated heterocycles. The Labute approximate surface area is 104 Å². The normalized spacial score (nSPS) is 14.6. The Bertz CT molecular complexity index is 456. The second kappa shape index (κ2) is 5.95. The molecule has 0 aliphatic rings. The molecule has 1 rings (SSSR count). The average Bonchev–Trinajstić information content (AvgIpc) is 2.24. The minimum atomic E-state index is -0.880. The summed E-state index contributed by atoms with van der Waals surface area (Å²) in [6, 6.07) is 1.41. The first-order chi connectivity index (χ1) is 7.90. The Morgan fingerprint density at radius 2 is 2.12 bits per heavy atom. The number of aromatic amines is 1. The quantitative estimate of drug-likeness (QED) is 0.827. The summed E-state index contributed by atoms with van der Waals surface area (Å²) >= 11 is 0. The van der Waals surface area contributed by atoms with Crippen LogP contribution in [0.1, 0.15) is 32.5 Å². The van der Waals surface area contributed by atoms with Crippen LogP contribution in [-0.4, -0.2) is 32.2 Å². The highest BCUT2D eigenvalue weighted by Gasteiger charge is 2.08. The van der Waals surface area contributed by atoms with Crippen molar-refractivity contribution < 1.29 is 4.21 Å². The van der Waals surface area contributed by atoms with E-state index in [4.69, 9.17) is 0 Å². The van der Waals surface area contributed by atoms with Crippen molar-refractivity contribution in [3.8, 4) is 0 Å². The van der Waals surface area contributed by atoms with E-state index in [2.05, 4.69) is 15.3 Å². The predicted molar refractivity (Wildman–Crippen MR) is 71.0 cm³/mol. The largest absolute Gasteiger partial charge is 0.369 e. The van der Waals surface area contributed by atoms with Crippen molar-refractivity contribution in [2.45, 2.75) is 31.9 Å². The SMILES string of the molecule is CC(C)c1nc(NCC(C)S(C)=O)cc(=O)[nH]1. The second-order valence-electron chi connectivity index (χ2n) is 4.36. The van der Waals surface area contributed by atoms with Crippen LogP contribution in [0.4, 0.5) is 5.82 Å². The summed E-state index contributed by atoms with van der Waals surface area (Å²) in [7, 11) is -0.880. The number of H-pyrrole nitrogens is 1. The molecule has 0 bridgehead atoms. The number of rotatable bonds is 5. The Morgan fingerprint density at radius 1 is 1.47 bits per heavy atom. The van der Waals surface area contributed by atoms with Crippen LogP contribution in [0, 0.1) is 0 Å². The van der Waals surface area contributed by atoms with Crippen molar-refractivity contribution in [2.75, 3.05) is 18.1 Å². The summed E-state index contributed by atoms with van der Waals surface area (Å²) in [4.78, 5) is 18.4. The van der Waals surface area contributed by atoms with E-state index in [0.717, 1.165) is 0 Å². The molecule has 1 heterocycles. The average molecular weight is 257 g/mol. The van der Waals surface area contributed by atoms with E-state index < -0.39 is 10.8 Å². The number of hydrogen-bond donors (Lipinski definition) is 2. The van der Waals surface area contributed by atoms with Crippen LogP contribution in [0.5, 0.6) is 0 Å². The van der Waals surface area contributed by atoms with E-state index in [-0.39, 0.29) is 16.7 Å². The molecular formula is C11H19N3O2S. The van der Waals surface area contributed by atoms with Gasteiger partial charge in [-0.15, -0.1) is 0 Å². The maximum Gasteiger partial charge on any atom is 0.252 e. The zero-order valence-corrected chi connectivity index (χ0v) is 11.4.